The highest BCUT2D eigenvalue weighted by Gasteiger charge is 2.27. The Morgan fingerprint density at radius 2 is 1.75 bits per heavy atom. The van der Waals surface area contributed by atoms with Crippen LogP contribution < -0.4 is 5.73 Å². The van der Waals surface area contributed by atoms with E-state index in [-0.39, 0.29) is 5.54 Å². The minimum atomic E-state index is 0.152. The highest BCUT2D eigenvalue weighted by Crippen LogP contribution is 2.28. The lowest BCUT2D eigenvalue weighted by molar-refractivity contribution is 0.178. The van der Waals surface area contributed by atoms with Crippen LogP contribution in [-0.2, 0) is 0 Å². The molecule has 1 aliphatic carbocycles. The Hall–Kier alpha value is -0.0800. The van der Waals surface area contributed by atoms with Gasteiger partial charge in [0.15, 0.2) is 0 Å². The van der Waals surface area contributed by atoms with Crippen LogP contribution in [0, 0.1) is 0 Å². The summed E-state index contributed by atoms with van der Waals surface area (Å²) in [5, 5.41) is 0. The molecule has 1 saturated carbocycles. The van der Waals surface area contributed by atoms with Crippen molar-refractivity contribution < 1.29 is 0 Å². The van der Waals surface area contributed by atoms with Gasteiger partial charge in [-0.3, -0.25) is 0 Å². The van der Waals surface area contributed by atoms with Gasteiger partial charge in [0.05, 0.1) is 0 Å². The minimum absolute atomic E-state index is 0.152. The SMILES string of the molecule is CCCN(CCC1(N)CCCCC1)C(C)C. The molecule has 0 aromatic heterocycles. The standard InChI is InChI=1S/C14H30N2/c1-4-11-16(13(2)3)12-10-14(15)8-6-5-7-9-14/h13H,4-12,15H2,1-3H3. The third-order valence-corrected chi connectivity index (χ3v) is 3.99. The summed E-state index contributed by atoms with van der Waals surface area (Å²) in [6.07, 6.45) is 8.98. The third kappa shape index (κ3) is 4.42. The second-order valence-electron chi connectivity index (χ2n) is 5.80. The maximum absolute atomic E-state index is 6.48. The maximum Gasteiger partial charge on any atom is 0.0166 e. The van der Waals surface area contributed by atoms with Gasteiger partial charge < -0.3 is 10.6 Å². The van der Waals surface area contributed by atoms with Crippen LogP contribution in [0.15, 0.2) is 0 Å². The van der Waals surface area contributed by atoms with Gasteiger partial charge in [-0.05, 0) is 46.1 Å². The van der Waals surface area contributed by atoms with Crippen LogP contribution in [0.1, 0.15) is 65.7 Å². The van der Waals surface area contributed by atoms with Crippen molar-refractivity contribution in [2.45, 2.75) is 77.3 Å². The van der Waals surface area contributed by atoms with E-state index < -0.39 is 0 Å². The number of nitrogens with two attached hydrogens (primary N) is 1. The zero-order valence-electron chi connectivity index (χ0n) is 11.5. The van der Waals surface area contributed by atoms with Crippen molar-refractivity contribution in [2.75, 3.05) is 13.1 Å². The second kappa shape index (κ2) is 6.61. The van der Waals surface area contributed by atoms with Crippen LogP contribution in [0.3, 0.4) is 0 Å². The van der Waals surface area contributed by atoms with E-state index in [4.69, 9.17) is 5.73 Å². The molecule has 0 atom stereocenters. The molecule has 0 unspecified atom stereocenters. The Morgan fingerprint density at radius 1 is 1.12 bits per heavy atom. The lowest BCUT2D eigenvalue weighted by Crippen LogP contribution is -2.45. The molecule has 0 spiro atoms. The molecule has 0 radical (unpaired) electrons. The van der Waals surface area contributed by atoms with E-state index in [1.54, 1.807) is 0 Å². The fraction of sp³-hybridized carbons (Fsp3) is 1.00. The van der Waals surface area contributed by atoms with E-state index in [0.717, 1.165) is 0 Å². The zero-order chi connectivity index (χ0) is 12.0. The predicted octanol–water partition coefficient (Wildman–Crippen LogP) is 3.16. The summed E-state index contributed by atoms with van der Waals surface area (Å²) >= 11 is 0. The first-order valence-corrected chi connectivity index (χ1v) is 7.10. The van der Waals surface area contributed by atoms with E-state index in [2.05, 4.69) is 25.7 Å². The quantitative estimate of drug-likeness (QED) is 0.754. The monoisotopic (exact) mass is 226 g/mol. The molecular weight excluding hydrogens is 196 g/mol. The maximum atomic E-state index is 6.48. The molecule has 0 aromatic carbocycles. The van der Waals surface area contributed by atoms with Gasteiger partial charge in [0.2, 0.25) is 0 Å². The van der Waals surface area contributed by atoms with Gasteiger partial charge in [-0.1, -0.05) is 26.2 Å². The summed E-state index contributed by atoms with van der Waals surface area (Å²) < 4.78 is 0. The van der Waals surface area contributed by atoms with Crippen molar-refractivity contribution in [1.29, 1.82) is 0 Å². The molecule has 0 heterocycles. The summed E-state index contributed by atoms with van der Waals surface area (Å²) in [5.41, 5.74) is 6.63. The predicted molar refractivity (Wildman–Crippen MR) is 71.6 cm³/mol. The Bertz CT molecular complexity index is 183. The Kier molecular flexibility index (Phi) is 5.77. The van der Waals surface area contributed by atoms with Crippen molar-refractivity contribution in [3.05, 3.63) is 0 Å². The van der Waals surface area contributed by atoms with Gasteiger partial charge >= 0.3 is 0 Å². The van der Waals surface area contributed by atoms with Crippen molar-refractivity contribution in [3.8, 4) is 0 Å². The zero-order valence-corrected chi connectivity index (χ0v) is 11.5. The molecule has 0 saturated heterocycles. The van der Waals surface area contributed by atoms with E-state index >= 15 is 0 Å². The van der Waals surface area contributed by atoms with Gasteiger partial charge in [-0.25, -0.2) is 0 Å². The molecular formula is C14H30N2. The molecule has 2 nitrogen and oxygen atoms in total. The molecule has 0 aromatic rings. The highest BCUT2D eigenvalue weighted by atomic mass is 15.1. The van der Waals surface area contributed by atoms with Gasteiger partial charge in [0, 0.05) is 18.1 Å². The fourth-order valence-corrected chi connectivity index (χ4v) is 2.79. The first-order valence-electron chi connectivity index (χ1n) is 7.10. The summed E-state index contributed by atoms with van der Waals surface area (Å²) in [4.78, 5) is 2.57. The summed E-state index contributed by atoms with van der Waals surface area (Å²) in [6.45, 7) is 9.24. The minimum Gasteiger partial charge on any atom is -0.325 e. The molecule has 1 rings (SSSR count). The molecule has 0 amide bonds. The number of rotatable bonds is 6. The van der Waals surface area contributed by atoms with E-state index in [1.165, 1.54) is 58.0 Å². The molecule has 1 fully saturated rings. The average Bonchev–Trinajstić information content (AvgIpc) is 2.25. The van der Waals surface area contributed by atoms with Crippen molar-refractivity contribution in [2.24, 2.45) is 5.73 Å². The highest BCUT2D eigenvalue weighted by molar-refractivity contribution is 4.88. The van der Waals surface area contributed by atoms with E-state index in [1.807, 2.05) is 0 Å². The summed E-state index contributed by atoms with van der Waals surface area (Å²) in [6, 6.07) is 0.659. The third-order valence-electron chi connectivity index (χ3n) is 3.99. The molecule has 2 heteroatoms. The lowest BCUT2D eigenvalue weighted by atomic mass is 9.80. The van der Waals surface area contributed by atoms with Crippen molar-refractivity contribution in [3.63, 3.8) is 0 Å². The molecule has 0 aliphatic heterocycles. The van der Waals surface area contributed by atoms with Crippen LogP contribution >= 0.6 is 0 Å². The van der Waals surface area contributed by atoms with E-state index in [0.29, 0.717) is 6.04 Å². The molecule has 1 aliphatic rings. The normalized spacial score (nSPS) is 20.6. The van der Waals surface area contributed by atoms with Crippen molar-refractivity contribution >= 4 is 0 Å². The first kappa shape index (κ1) is 14.0. The molecule has 96 valence electrons. The lowest BCUT2D eigenvalue weighted by Gasteiger charge is -2.36. The number of nitrogens with zero attached hydrogens (tertiary/aromatic N) is 1. The van der Waals surface area contributed by atoms with E-state index in [9.17, 15) is 0 Å². The second-order valence-corrected chi connectivity index (χ2v) is 5.80. The van der Waals surface area contributed by atoms with Crippen molar-refractivity contribution in [1.82, 2.24) is 4.90 Å². The summed E-state index contributed by atoms with van der Waals surface area (Å²) in [5.74, 6) is 0. The molecule has 2 N–H and O–H groups in total. The molecule has 16 heavy (non-hydrogen) atoms. The average molecular weight is 226 g/mol. The summed E-state index contributed by atoms with van der Waals surface area (Å²) in [7, 11) is 0. The smallest absolute Gasteiger partial charge is 0.0166 e. The topological polar surface area (TPSA) is 29.3 Å². The largest absolute Gasteiger partial charge is 0.325 e. The van der Waals surface area contributed by atoms with Gasteiger partial charge in [0.1, 0.15) is 0 Å². The fourth-order valence-electron chi connectivity index (χ4n) is 2.79. The van der Waals surface area contributed by atoms with Gasteiger partial charge in [-0.15, -0.1) is 0 Å². The Labute approximate surface area is 102 Å². The van der Waals surface area contributed by atoms with Gasteiger partial charge in [0.25, 0.3) is 0 Å². The van der Waals surface area contributed by atoms with Gasteiger partial charge in [-0.2, -0.15) is 0 Å². The first-order chi connectivity index (χ1) is 7.57. The number of hydrogen-bond acceptors (Lipinski definition) is 2. The van der Waals surface area contributed by atoms with Crippen LogP contribution in [0.2, 0.25) is 0 Å². The Morgan fingerprint density at radius 3 is 2.25 bits per heavy atom. The Balaban J connectivity index is 2.35. The van der Waals surface area contributed by atoms with Crippen LogP contribution in [0.25, 0.3) is 0 Å². The number of hydrogen-bond donors (Lipinski definition) is 1. The molecule has 0 bridgehead atoms. The van der Waals surface area contributed by atoms with Crippen LogP contribution in [-0.4, -0.2) is 29.6 Å². The van der Waals surface area contributed by atoms with Crippen LogP contribution in [0.5, 0.6) is 0 Å². The van der Waals surface area contributed by atoms with Crippen LogP contribution in [0.4, 0.5) is 0 Å².